The van der Waals surface area contributed by atoms with Gasteiger partial charge in [-0.05, 0) is 38.3 Å². The lowest BCUT2D eigenvalue weighted by molar-refractivity contribution is -0.211. The van der Waals surface area contributed by atoms with Crippen molar-refractivity contribution >= 4 is 28.5 Å². The van der Waals surface area contributed by atoms with Crippen LogP contribution < -0.4 is 5.73 Å². The minimum Gasteiger partial charge on any atom is -0.397 e. The third-order valence-electron chi connectivity index (χ3n) is 5.85. The number of tetrazole rings is 1. The van der Waals surface area contributed by atoms with Gasteiger partial charge in [0.15, 0.2) is 17.3 Å². The lowest BCUT2D eigenvalue weighted by Crippen LogP contribution is -2.34. The number of nitrogen functional groups attached to an aromatic ring is 1. The zero-order valence-electron chi connectivity index (χ0n) is 19.7. The molecule has 10 nitrogen and oxygen atoms in total. The van der Waals surface area contributed by atoms with E-state index in [-0.39, 0.29) is 24.0 Å². The van der Waals surface area contributed by atoms with E-state index in [0.29, 0.717) is 39.8 Å². The zero-order chi connectivity index (χ0) is 23.8. The van der Waals surface area contributed by atoms with Crippen LogP contribution in [0.25, 0.3) is 11.2 Å². The number of aromatic nitrogens is 7. The summed E-state index contributed by atoms with van der Waals surface area (Å²) in [5, 5.41) is 23.4. The largest absolute Gasteiger partial charge is 0.397 e. The molecule has 0 bridgehead atoms. The van der Waals surface area contributed by atoms with Crippen LogP contribution in [-0.4, -0.2) is 51.7 Å². The number of hydrogen-bond acceptors (Lipinski definition) is 8. The molecular weight excluding hydrogens is 432 g/mol. The number of aryl methyl sites for hydroxylation is 1. The number of anilines is 1. The second-order valence-electron chi connectivity index (χ2n) is 8.41. The molecule has 1 aliphatic carbocycles. The molecule has 1 saturated carbocycles. The SMILES string of the molecule is CC.CC[C@@H]1C(n2cnc3c(N)c(C)c(Cl)nc32)[C@H](OC(C)(C)O)C[C@H]1c1nnn(C)n1. The van der Waals surface area contributed by atoms with Gasteiger partial charge in [-0.1, -0.05) is 38.8 Å². The fourth-order valence-corrected chi connectivity index (χ4v) is 4.74. The van der Waals surface area contributed by atoms with Crippen molar-refractivity contribution in [2.24, 2.45) is 13.0 Å². The van der Waals surface area contributed by atoms with E-state index in [4.69, 9.17) is 22.1 Å². The number of imidazole rings is 1. The molecule has 1 aliphatic rings. The van der Waals surface area contributed by atoms with Gasteiger partial charge in [0.05, 0.1) is 31.2 Å². The number of halogens is 1. The molecule has 0 spiro atoms. The van der Waals surface area contributed by atoms with E-state index in [1.807, 2.05) is 25.3 Å². The summed E-state index contributed by atoms with van der Waals surface area (Å²) in [5.74, 6) is -0.510. The van der Waals surface area contributed by atoms with Crippen molar-refractivity contribution < 1.29 is 9.84 Å². The fraction of sp³-hybridized carbons (Fsp3) is 0.667. The summed E-state index contributed by atoms with van der Waals surface area (Å²) < 4.78 is 8.06. The van der Waals surface area contributed by atoms with E-state index >= 15 is 0 Å². The Bertz CT molecular complexity index is 1070. The number of fused-ring (bicyclic) bond motifs is 1. The highest BCUT2D eigenvalue weighted by molar-refractivity contribution is 6.31. The Morgan fingerprint density at radius 3 is 2.59 bits per heavy atom. The Balaban J connectivity index is 0.00000141. The summed E-state index contributed by atoms with van der Waals surface area (Å²) in [6.45, 7) is 11.2. The lowest BCUT2D eigenvalue weighted by atomic mass is 9.90. The van der Waals surface area contributed by atoms with E-state index in [1.165, 1.54) is 4.80 Å². The molecule has 1 unspecified atom stereocenters. The van der Waals surface area contributed by atoms with Gasteiger partial charge in [0.25, 0.3) is 0 Å². The molecule has 1 fully saturated rings. The summed E-state index contributed by atoms with van der Waals surface area (Å²) in [7, 11) is 1.75. The predicted octanol–water partition coefficient (Wildman–Crippen LogP) is 3.39. The molecule has 176 valence electrons. The molecule has 4 rings (SSSR count). The first-order valence-electron chi connectivity index (χ1n) is 11.0. The molecule has 3 heterocycles. The van der Waals surface area contributed by atoms with E-state index < -0.39 is 5.79 Å². The van der Waals surface area contributed by atoms with Crippen LogP contribution in [0, 0.1) is 12.8 Å². The maximum absolute atomic E-state index is 10.4. The van der Waals surface area contributed by atoms with E-state index in [1.54, 1.807) is 27.2 Å². The third kappa shape index (κ3) is 4.44. The van der Waals surface area contributed by atoms with Crippen LogP contribution in [-0.2, 0) is 11.8 Å². The highest BCUT2D eigenvalue weighted by Crippen LogP contribution is 2.50. The van der Waals surface area contributed by atoms with Crippen LogP contribution in [0.4, 0.5) is 5.69 Å². The number of ether oxygens (including phenoxy) is 1. The van der Waals surface area contributed by atoms with Crippen molar-refractivity contribution in [1.29, 1.82) is 0 Å². The molecule has 3 N–H and O–H groups in total. The van der Waals surface area contributed by atoms with Gasteiger partial charge in [0, 0.05) is 11.5 Å². The highest BCUT2D eigenvalue weighted by Gasteiger charge is 2.48. The first kappa shape index (κ1) is 24.3. The second kappa shape index (κ2) is 9.29. The quantitative estimate of drug-likeness (QED) is 0.434. The lowest BCUT2D eigenvalue weighted by Gasteiger charge is -2.31. The fourth-order valence-electron chi connectivity index (χ4n) is 4.56. The normalized spacial score (nSPS) is 23.4. The van der Waals surface area contributed by atoms with Gasteiger partial charge >= 0.3 is 0 Å². The van der Waals surface area contributed by atoms with Gasteiger partial charge < -0.3 is 20.1 Å². The Kier molecular flexibility index (Phi) is 7.06. The van der Waals surface area contributed by atoms with Gasteiger partial charge in [0.1, 0.15) is 10.7 Å². The van der Waals surface area contributed by atoms with Gasteiger partial charge in [-0.25, -0.2) is 9.97 Å². The Morgan fingerprint density at radius 1 is 1.34 bits per heavy atom. The van der Waals surface area contributed by atoms with Gasteiger partial charge in [-0.2, -0.15) is 4.80 Å². The van der Waals surface area contributed by atoms with Crippen LogP contribution in [0.1, 0.15) is 70.8 Å². The number of nitrogens with two attached hydrogens (primary N) is 1. The zero-order valence-corrected chi connectivity index (χ0v) is 20.5. The average molecular weight is 465 g/mol. The number of aliphatic hydroxyl groups is 1. The maximum atomic E-state index is 10.4. The van der Waals surface area contributed by atoms with Crippen LogP contribution >= 0.6 is 11.6 Å². The predicted molar refractivity (Wildman–Crippen MR) is 123 cm³/mol. The highest BCUT2D eigenvalue weighted by atomic mass is 35.5. The minimum atomic E-state index is -1.30. The van der Waals surface area contributed by atoms with Crippen molar-refractivity contribution in [1.82, 2.24) is 34.7 Å². The summed E-state index contributed by atoms with van der Waals surface area (Å²) >= 11 is 6.33. The molecule has 32 heavy (non-hydrogen) atoms. The molecule has 0 aromatic carbocycles. The smallest absolute Gasteiger partial charge is 0.178 e. The monoisotopic (exact) mass is 464 g/mol. The number of nitrogens with zero attached hydrogens (tertiary/aromatic N) is 7. The van der Waals surface area contributed by atoms with Crippen molar-refractivity contribution in [3.05, 3.63) is 22.9 Å². The van der Waals surface area contributed by atoms with Gasteiger partial charge in [0.2, 0.25) is 0 Å². The molecule has 11 heteroatoms. The molecular formula is C21H33ClN8O2. The second-order valence-corrected chi connectivity index (χ2v) is 8.77. The summed E-state index contributed by atoms with van der Waals surface area (Å²) in [5.41, 5.74) is 8.68. The first-order chi connectivity index (χ1) is 15.1. The van der Waals surface area contributed by atoms with Gasteiger partial charge in [-0.3, -0.25) is 0 Å². The topological polar surface area (TPSA) is 130 Å². The number of hydrogen-bond donors (Lipinski definition) is 2. The summed E-state index contributed by atoms with van der Waals surface area (Å²) in [6, 6.07) is -0.161. The van der Waals surface area contributed by atoms with E-state index in [9.17, 15) is 5.11 Å². The molecule has 0 aliphatic heterocycles. The van der Waals surface area contributed by atoms with E-state index in [0.717, 1.165) is 6.42 Å². The standard InChI is InChI=1S/C19H27ClN8O2.C2H6/c1-6-10-11(17-24-26-27(5)25-17)7-12(30-19(3,4)29)15(10)28-8-22-14-13(21)9(2)16(20)23-18(14)28;1-2/h8,10-12,15,29H,6-7H2,1-5H3,(H2,21,23);1-2H3/t10-,11+,12+,15?;/m0./s1. The molecule has 0 radical (unpaired) electrons. The average Bonchev–Trinajstić information content (AvgIpc) is 3.43. The van der Waals surface area contributed by atoms with Crippen LogP contribution in [0.2, 0.25) is 5.15 Å². The van der Waals surface area contributed by atoms with Crippen molar-refractivity contribution in [3.63, 3.8) is 0 Å². The minimum absolute atomic E-state index is 0.0109. The number of pyridine rings is 1. The molecule has 3 aromatic heterocycles. The molecule has 3 aromatic rings. The van der Waals surface area contributed by atoms with Crippen molar-refractivity contribution in [2.75, 3.05) is 5.73 Å². The van der Waals surface area contributed by atoms with Crippen molar-refractivity contribution in [2.45, 2.75) is 78.2 Å². The Hall–Kier alpha value is -2.30. The Morgan fingerprint density at radius 2 is 2.03 bits per heavy atom. The van der Waals surface area contributed by atoms with Crippen LogP contribution in [0.5, 0.6) is 0 Å². The maximum Gasteiger partial charge on any atom is 0.178 e. The molecule has 0 saturated heterocycles. The van der Waals surface area contributed by atoms with Crippen LogP contribution in [0.15, 0.2) is 6.33 Å². The van der Waals surface area contributed by atoms with Crippen molar-refractivity contribution in [3.8, 4) is 0 Å². The van der Waals surface area contributed by atoms with Crippen LogP contribution in [0.3, 0.4) is 0 Å². The number of rotatable bonds is 5. The van der Waals surface area contributed by atoms with E-state index in [2.05, 4.69) is 32.3 Å². The molecule has 4 atom stereocenters. The first-order valence-corrected chi connectivity index (χ1v) is 11.4. The van der Waals surface area contributed by atoms with Gasteiger partial charge in [-0.15, -0.1) is 10.2 Å². The summed E-state index contributed by atoms with van der Waals surface area (Å²) in [4.78, 5) is 10.5. The summed E-state index contributed by atoms with van der Waals surface area (Å²) in [6.07, 6.45) is 2.88. The third-order valence-corrected chi connectivity index (χ3v) is 6.22. The Labute approximate surface area is 193 Å². The molecule has 0 amide bonds.